The van der Waals surface area contributed by atoms with Crippen LogP contribution in [0.25, 0.3) is 62.9 Å². The van der Waals surface area contributed by atoms with Crippen molar-refractivity contribution < 1.29 is 0 Å². The van der Waals surface area contributed by atoms with Crippen LogP contribution in [0.2, 0.25) is 0 Å². The average Bonchev–Trinajstić information content (AvgIpc) is 3.48. The Kier molecular flexibility index (Phi) is 2.31. The van der Waals surface area contributed by atoms with Gasteiger partial charge in [0.05, 0.1) is 20.4 Å². The number of aromatic nitrogens is 4. The van der Waals surface area contributed by atoms with Crippen LogP contribution in [0.15, 0.2) is 44.6 Å². The number of benzene rings is 1. The minimum atomic E-state index is -0.0911. The van der Waals surface area contributed by atoms with E-state index in [9.17, 15) is 9.59 Å². The first-order valence-corrected chi connectivity index (χ1v) is 11.4. The highest BCUT2D eigenvalue weighted by molar-refractivity contribution is 7.27. The zero-order valence-corrected chi connectivity index (χ0v) is 16.7. The number of nitrogens with zero attached hydrogens (tertiary/aromatic N) is 4. The second kappa shape index (κ2) is 4.54. The Morgan fingerprint density at radius 1 is 0.690 bits per heavy atom. The summed E-state index contributed by atoms with van der Waals surface area (Å²) in [6, 6.07) is 7.43. The lowest BCUT2D eigenvalue weighted by molar-refractivity contribution is 1.19. The van der Waals surface area contributed by atoms with Crippen molar-refractivity contribution in [3.05, 3.63) is 55.7 Å². The van der Waals surface area contributed by atoms with Gasteiger partial charge in [-0.25, -0.2) is 9.97 Å². The summed E-state index contributed by atoms with van der Waals surface area (Å²) in [7, 11) is 0. The first-order chi connectivity index (χ1) is 14.2. The highest BCUT2D eigenvalue weighted by atomic mass is 32.1. The van der Waals surface area contributed by atoms with Gasteiger partial charge in [0.1, 0.15) is 9.66 Å². The van der Waals surface area contributed by atoms with Crippen molar-refractivity contribution in [2.45, 2.75) is 0 Å². The lowest BCUT2D eigenvalue weighted by Crippen LogP contribution is -2.14. The average molecular weight is 430 g/mol. The van der Waals surface area contributed by atoms with E-state index in [0.29, 0.717) is 22.1 Å². The van der Waals surface area contributed by atoms with Crippen LogP contribution in [0.5, 0.6) is 0 Å². The Labute approximate surface area is 171 Å². The zero-order valence-electron chi connectivity index (χ0n) is 14.3. The van der Waals surface area contributed by atoms with Crippen LogP contribution in [-0.4, -0.2) is 18.8 Å². The fourth-order valence-corrected chi connectivity index (χ4v) is 7.30. The smallest absolute Gasteiger partial charge is 0.264 e. The molecule has 0 bridgehead atoms. The molecule has 0 aliphatic rings. The summed E-state index contributed by atoms with van der Waals surface area (Å²) in [6.07, 6.45) is 0. The van der Waals surface area contributed by atoms with Gasteiger partial charge < -0.3 is 0 Å². The molecule has 1 aromatic carbocycles. The van der Waals surface area contributed by atoms with Gasteiger partial charge in [-0.15, -0.1) is 34.0 Å². The molecule has 0 aliphatic heterocycles. The predicted molar refractivity (Wildman–Crippen MR) is 120 cm³/mol. The number of imidazole rings is 2. The van der Waals surface area contributed by atoms with E-state index in [-0.39, 0.29) is 11.1 Å². The molecule has 136 valence electrons. The highest BCUT2D eigenvalue weighted by Gasteiger charge is 2.25. The van der Waals surface area contributed by atoms with Gasteiger partial charge in [-0.1, -0.05) is 0 Å². The van der Waals surface area contributed by atoms with Crippen molar-refractivity contribution in [2.24, 2.45) is 0 Å². The zero-order chi connectivity index (χ0) is 19.0. The van der Waals surface area contributed by atoms with Crippen LogP contribution in [0.1, 0.15) is 0 Å². The molecule has 29 heavy (non-hydrogen) atoms. The number of thiophene rings is 3. The Hall–Kier alpha value is -3.14. The lowest BCUT2D eigenvalue weighted by Gasteiger charge is -2.04. The second-order valence-corrected chi connectivity index (χ2v) is 9.85. The molecule has 0 atom stereocenters. The quantitative estimate of drug-likeness (QED) is 0.332. The van der Waals surface area contributed by atoms with Crippen molar-refractivity contribution >= 4 is 96.9 Å². The van der Waals surface area contributed by atoms with E-state index in [0.717, 1.165) is 40.9 Å². The molecule has 8 aromatic rings. The summed E-state index contributed by atoms with van der Waals surface area (Å²) in [5.41, 5.74) is 2.81. The monoisotopic (exact) mass is 430 g/mol. The molecule has 0 amide bonds. The first kappa shape index (κ1) is 14.8. The van der Waals surface area contributed by atoms with Crippen LogP contribution >= 0.6 is 34.0 Å². The van der Waals surface area contributed by atoms with Gasteiger partial charge in [0.25, 0.3) is 11.1 Å². The summed E-state index contributed by atoms with van der Waals surface area (Å²) in [4.78, 5) is 37.9. The van der Waals surface area contributed by atoms with Crippen LogP contribution in [0.4, 0.5) is 0 Å². The van der Waals surface area contributed by atoms with Gasteiger partial charge in [0, 0.05) is 21.5 Å². The maximum atomic E-state index is 13.3. The molecular formula is C20H6N4O2S3. The summed E-state index contributed by atoms with van der Waals surface area (Å²) >= 11 is 4.62. The van der Waals surface area contributed by atoms with E-state index in [1.807, 2.05) is 22.9 Å². The molecule has 0 saturated heterocycles. The summed E-state index contributed by atoms with van der Waals surface area (Å²) in [5, 5.41) is 6.81. The topological polar surface area (TPSA) is 68.7 Å². The molecule has 7 heterocycles. The predicted octanol–water partition coefficient (Wildman–Crippen LogP) is 4.53. The van der Waals surface area contributed by atoms with Crippen molar-refractivity contribution in [3.8, 4) is 0 Å². The molecule has 0 unspecified atom stereocenters. The minimum Gasteiger partial charge on any atom is -0.268 e. The number of hydrogen-bond acceptors (Lipinski definition) is 7. The van der Waals surface area contributed by atoms with Crippen LogP contribution in [-0.2, 0) is 0 Å². The molecule has 0 radical (unpaired) electrons. The maximum Gasteiger partial charge on any atom is 0.264 e. The normalized spacial score (nSPS) is 13.1. The molecule has 7 aromatic heterocycles. The van der Waals surface area contributed by atoms with Crippen molar-refractivity contribution in [1.82, 2.24) is 18.8 Å². The third-order valence-electron chi connectivity index (χ3n) is 5.71. The Bertz CT molecular complexity index is 1920. The van der Waals surface area contributed by atoms with Gasteiger partial charge >= 0.3 is 0 Å². The highest BCUT2D eigenvalue weighted by Crippen LogP contribution is 2.43. The van der Waals surface area contributed by atoms with E-state index in [4.69, 9.17) is 9.97 Å². The summed E-state index contributed by atoms with van der Waals surface area (Å²) in [6.45, 7) is 0. The summed E-state index contributed by atoms with van der Waals surface area (Å²) in [5.74, 6) is 0. The standard InChI is InChI=1S/C20H6N4O2S3/c25-19-7-1-2-8-12-11(7)13(15-21-17-9(23(15)19)3-5-27-17)29-14(12)16-22-18-10(4-6-28-18)24(16)20(8)26/h1-6H. The van der Waals surface area contributed by atoms with Gasteiger partial charge in [0.2, 0.25) is 0 Å². The molecule has 0 spiro atoms. The van der Waals surface area contributed by atoms with Crippen LogP contribution in [0.3, 0.4) is 0 Å². The molecule has 6 nitrogen and oxygen atoms in total. The molecule has 0 saturated carbocycles. The number of pyridine rings is 2. The van der Waals surface area contributed by atoms with Gasteiger partial charge in [-0.05, 0) is 35.0 Å². The minimum absolute atomic E-state index is 0.0911. The van der Waals surface area contributed by atoms with E-state index in [1.54, 1.807) is 32.3 Å². The SMILES string of the molecule is O=c1c2ccc3c(=O)n4c5ccsc5nc4c4sc(c2c34)c2nc3sccc3n12. The number of fused-ring (bicyclic) bond motifs is 8. The third kappa shape index (κ3) is 1.47. The van der Waals surface area contributed by atoms with Crippen LogP contribution in [0, 0.1) is 0 Å². The number of rotatable bonds is 0. The van der Waals surface area contributed by atoms with Crippen molar-refractivity contribution in [2.75, 3.05) is 0 Å². The number of hydrogen-bond donors (Lipinski definition) is 0. The van der Waals surface area contributed by atoms with Crippen LogP contribution < -0.4 is 11.1 Å². The van der Waals surface area contributed by atoms with Crippen molar-refractivity contribution in [3.63, 3.8) is 0 Å². The van der Waals surface area contributed by atoms with E-state index in [2.05, 4.69) is 0 Å². The van der Waals surface area contributed by atoms with Gasteiger partial charge in [-0.2, -0.15) is 0 Å². The Balaban J connectivity index is 1.80. The molecule has 0 N–H and O–H groups in total. The fraction of sp³-hybridized carbons (Fsp3) is 0. The Morgan fingerprint density at radius 3 is 1.66 bits per heavy atom. The molecule has 9 heteroatoms. The maximum absolute atomic E-state index is 13.3. The van der Waals surface area contributed by atoms with Gasteiger partial charge in [-0.3, -0.25) is 18.4 Å². The summed E-state index contributed by atoms with van der Waals surface area (Å²) < 4.78 is 5.27. The van der Waals surface area contributed by atoms with E-state index >= 15 is 0 Å². The molecule has 8 rings (SSSR count). The van der Waals surface area contributed by atoms with E-state index < -0.39 is 0 Å². The van der Waals surface area contributed by atoms with Gasteiger partial charge in [0.15, 0.2) is 11.3 Å². The second-order valence-electron chi connectivity index (χ2n) is 7.04. The first-order valence-electron chi connectivity index (χ1n) is 8.84. The molecular weight excluding hydrogens is 424 g/mol. The Morgan fingerprint density at radius 2 is 1.17 bits per heavy atom. The lowest BCUT2D eigenvalue weighted by atomic mass is 10.0. The van der Waals surface area contributed by atoms with E-state index in [1.165, 1.54) is 22.7 Å². The van der Waals surface area contributed by atoms with Crippen molar-refractivity contribution in [1.29, 1.82) is 0 Å². The fourth-order valence-electron chi connectivity index (χ4n) is 4.52. The third-order valence-corrected chi connectivity index (χ3v) is 8.48. The molecule has 0 fully saturated rings. The largest absolute Gasteiger partial charge is 0.268 e. The molecule has 0 aliphatic carbocycles.